The van der Waals surface area contributed by atoms with Crippen LogP contribution in [0, 0.1) is 16.0 Å². The number of ether oxygens (including phenoxy) is 1. The van der Waals surface area contributed by atoms with E-state index in [-0.39, 0.29) is 5.69 Å². The first-order valence-electron chi connectivity index (χ1n) is 7.57. The van der Waals surface area contributed by atoms with Crippen LogP contribution in [0.15, 0.2) is 90.6 Å². The second-order valence-corrected chi connectivity index (χ2v) is 5.29. The summed E-state index contributed by atoms with van der Waals surface area (Å²) in [5, 5.41) is 10.8. The first-order chi connectivity index (χ1) is 11.7. The van der Waals surface area contributed by atoms with E-state index in [1.54, 1.807) is 12.1 Å². The lowest BCUT2D eigenvalue weighted by Crippen LogP contribution is -2.10. The van der Waals surface area contributed by atoms with Gasteiger partial charge in [-0.15, -0.1) is 23.8 Å². The minimum atomic E-state index is -0.398. The highest BCUT2D eigenvalue weighted by molar-refractivity contribution is 5.49. The van der Waals surface area contributed by atoms with Crippen molar-refractivity contribution in [1.29, 1.82) is 0 Å². The lowest BCUT2D eigenvalue weighted by Gasteiger charge is -2.22. The zero-order valence-electron chi connectivity index (χ0n) is 13.0. The predicted octanol–water partition coefficient (Wildman–Crippen LogP) is 4.65. The summed E-state index contributed by atoms with van der Waals surface area (Å²) >= 11 is 0. The normalized spacial score (nSPS) is 12.2. The molecule has 1 aliphatic carbocycles. The van der Waals surface area contributed by atoms with E-state index in [1.165, 1.54) is 12.1 Å². The predicted molar refractivity (Wildman–Crippen MR) is 93.7 cm³/mol. The summed E-state index contributed by atoms with van der Waals surface area (Å²) in [5.41, 5.74) is 2.05. The van der Waals surface area contributed by atoms with E-state index in [9.17, 15) is 10.1 Å². The highest BCUT2D eigenvalue weighted by Gasteiger charge is 2.07. The molecule has 0 saturated heterocycles. The van der Waals surface area contributed by atoms with E-state index in [0.717, 1.165) is 22.8 Å². The van der Waals surface area contributed by atoms with Crippen molar-refractivity contribution in [2.45, 2.75) is 0 Å². The molecule has 0 atom stereocenters. The quantitative estimate of drug-likeness (QED) is 0.442. The van der Waals surface area contributed by atoms with Crippen molar-refractivity contribution in [2.24, 2.45) is 0 Å². The van der Waals surface area contributed by atoms with E-state index in [0.29, 0.717) is 6.61 Å². The number of nitro benzene ring substituents is 1. The van der Waals surface area contributed by atoms with Gasteiger partial charge in [0.15, 0.2) is 0 Å². The molecule has 4 nitrogen and oxygen atoms in total. The van der Waals surface area contributed by atoms with Gasteiger partial charge in [-0.05, 0) is 24.3 Å². The Hall–Kier alpha value is -3.27. The third kappa shape index (κ3) is 3.93. The molecule has 4 heteroatoms. The zero-order chi connectivity index (χ0) is 16.8. The molecule has 3 rings (SSSR count). The first kappa shape index (κ1) is 15.6. The molecule has 0 fully saturated rings. The number of benzene rings is 2. The first-order valence-corrected chi connectivity index (χ1v) is 7.57. The largest absolute Gasteiger partial charge is 0.498 e. The topological polar surface area (TPSA) is 52.4 Å². The molecule has 0 unspecified atom stereocenters. The molecular formula is C20H16NO3-. The van der Waals surface area contributed by atoms with Crippen LogP contribution in [0.4, 0.5) is 5.69 Å². The van der Waals surface area contributed by atoms with Crippen LogP contribution in [0.3, 0.4) is 0 Å². The number of hydrogen-bond donors (Lipinski definition) is 0. The van der Waals surface area contributed by atoms with E-state index in [4.69, 9.17) is 4.74 Å². The van der Waals surface area contributed by atoms with Crippen LogP contribution >= 0.6 is 0 Å². The summed E-state index contributed by atoms with van der Waals surface area (Å²) in [5.74, 6) is 1.74. The number of allylic oxidation sites excluding steroid dienone is 5. The van der Waals surface area contributed by atoms with Crippen LogP contribution in [0.2, 0.25) is 0 Å². The van der Waals surface area contributed by atoms with Crippen LogP contribution < -0.4 is 4.74 Å². The van der Waals surface area contributed by atoms with Gasteiger partial charge in [0.2, 0.25) is 0 Å². The molecule has 0 N–H and O–H groups in total. The smallest absolute Gasteiger partial charge is 0.251 e. The maximum atomic E-state index is 10.8. The van der Waals surface area contributed by atoms with Gasteiger partial charge in [0.25, 0.3) is 5.69 Å². The minimum absolute atomic E-state index is 0.0791. The monoisotopic (exact) mass is 318 g/mol. The summed E-state index contributed by atoms with van der Waals surface area (Å²) < 4.78 is 5.85. The van der Waals surface area contributed by atoms with Crippen LogP contribution in [0.25, 0.3) is 0 Å². The Balaban J connectivity index is 1.81. The fourth-order valence-electron chi connectivity index (χ4n) is 2.37. The number of rotatable bonds is 6. The van der Waals surface area contributed by atoms with E-state index in [2.05, 4.69) is 0 Å². The zero-order valence-corrected chi connectivity index (χ0v) is 13.0. The van der Waals surface area contributed by atoms with Gasteiger partial charge in [-0.25, -0.2) is 0 Å². The highest BCUT2D eigenvalue weighted by Crippen LogP contribution is 2.24. The van der Waals surface area contributed by atoms with Gasteiger partial charge in [0, 0.05) is 0 Å². The Morgan fingerprint density at radius 1 is 1.00 bits per heavy atom. The molecule has 2 aromatic carbocycles. The van der Waals surface area contributed by atoms with Gasteiger partial charge < -0.3 is 4.74 Å². The van der Waals surface area contributed by atoms with Crippen molar-refractivity contribution in [3.8, 4) is 5.75 Å². The Kier molecular flexibility index (Phi) is 4.77. The summed E-state index contributed by atoms with van der Waals surface area (Å²) in [6.07, 6.45) is 9.99. The van der Waals surface area contributed by atoms with Crippen molar-refractivity contribution in [3.05, 3.63) is 112 Å². The van der Waals surface area contributed by atoms with Crippen LogP contribution in [-0.4, -0.2) is 11.5 Å². The van der Waals surface area contributed by atoms with Gasteiger partial charge in [0.05, 0.1) is 11.5 Å². The standard InChI is InChI=1S/C20H16NO3/c22-21(23)19-12-10-17(11-13-19)18(14-16-6-4-5-7-16)15-24-20-8-2-1-3-9-20/h1-14H,15H2/q-1. The summed E-state index contributed by atoms with van der Waals surface area (Å²) in [6, 6.07) is 16.1. The van der Waals surface area contributed by atoms with Crippen LogP contribution in [0.5, 0.6) is 5.75 Å². The molecule has 0 saturated carbocycles. The second kappa shape index (κ2) is 7.33. The van der Waals surface area contributed by atoms with Crippen LogP contribution in [-0.2, 0) is 0 Å². The summed E-state index contributed by atoms with van der Waals surface area (Å²) in [6.45, 7) is 0.382. The Morgan fingerprint density at radius 3 is 2.29 bits per heavy atom. The van der Waals surface area contributed by atoms with Crippen LogP contribution in [0.1, 0.15) is 5.56 Å². The number of non-ortho nitro benzene ring substituents is 1. The lowest BCUT2D eigenvalue weighted by molar-refractivity contribution is -0.384. The van der Waals surface area contributed by atoms with Gasteiger partial charge >= 0.3 is 0 Å². The molecule has 0 amide bonds. The van der Waals surface area contributed by atoms with Gasteiger partial charge in [-0.2, -0.15) is 0 Å². The lowest BCUT2D eigenvalue weighted by atomic mass is 9.97. The fourth-order valence-corrected chi connectivity index (χ4v) is 2.37. The molecule has 120 valence electrons. The summed E-state index contributed by atoms with van der Waals surface area (Å²) in [7, 11) is 0. The molecule has 0 heterocycles. The molecule has 0 aliphatic heterocycles. The molecule has 0 bridgehead atoms. The Morgan fingerprint density at radius 2 is 1.67 bits per heavy atom. The molecular weight excluding hydrogens is 302 g/mol. The van der Waals surface area contributed by atoms with E-state index >= 15 is 0 Å². The third-order valence-corrected chi connectivity index (χ3v) is 3.62. The molecule has 2 aromatic rings. The minimum Gasteiger partial charge on any atom is -0.498 e. The summed E-state index contributed by atoms with van der Waals surface area (Å²) in [4.78, 5) is 10.4. The average molecular weight is 318 g/mol. The molecule has 0 radical (unpaired) electrons. The maximum absolute atomic E-state index is 10.8. The van der Waals surface area contributed by atoms with Crippen molar-refractivity contribution >= 4 is 5.69 Å². The Bertz CT molecular complexity index is 775. The van der Waals surface area contributed by atoms with Gasteiger partial charge in [-0.3, -0.25) is 10.1 Å². The average Bonchev–Trinajstić information content (AvgIpc) is 3.13. The number of para-hydroxylation sites is 1. The fraction of sp³-hybridized carbons (Fsp3) is 0.0500. The molecule has 0 spiro atoms. The SMILES string of the molecule is O=[N+]([O-])c1ccc([C-](C=C2C=CC=C2)COc2ccccc2)cc1. The Labute approximate surface area is 140 Å². The number of hydrogen-bond acceptors (Lipinski definition) is 3. The van der Waals surface area contributed by atoms with E-state index < -0.39 is 4.92 Å². The van der Waals surface area contributed by atoms with Crippen molar-refractivity contribution in [1.82, 2.24) is 0 Å². The maximum Gasteiger partial charge on any atom is 0.251 e. The van der Waals surface area contributed by atoms with Gasteiger partial charge in [0.1, 0.15) is 5.75 Å². The molecule has 0 aromatic heterocycles. The van der Waals surface area contributed by atoms with E-state index in [1.807, 2.05) is 60.7 Å². The molecule has 24 heavy (non-hydrogen) atoms. The number of nitrogens with zero attached hydrogens (tertiary/aromatic N) is 1. The van der Waals surface area contributed by atoms with Gasteiger partial charge in [-0.1, -0.05) is 54.0 Å². The molecule has 1 aliphatic rings. The third-order valence-electron chi connectivity index (χ3n) is 3.62. The second-order valence-electron chi connectivity index (χ2n) is 5.29. The van der Waals surface area contributed by atoms with Crippen molar-refractivity contribution in [2.75, 3.05) is 6.61 Å². The van der Waals surface area contributed by atoms with Crippen molar-refractivity contribution in [3.63, 3.8) is 0 Å². The van der Waals surface area contributed by atoms with Crippen molar-refractivity contribution < 1.29 is 9.66 Å². The number of nitro groups is 1. The highest BCUT2D eigenvalue weighted by atomic mass is 16.6.